The molecular weight excluding hydrogens is 423 g/mol. The Morgan fingerprint density at radius 2 is 1.71 bits per heavy atom. The van der Waals surface area contributed by atoms with Gasteiger partial charge < -0.3 is 13.8 Å². The molecule has 0 aliphatic heterocycles. The first-order valence-electron chi connectivity index (χ1n) is 9.43. The minimum Gasteiger partial charge on any atom is -0.465 e. The predicted molar refractivity (Wildman–Crippen MR) is 114 cm³/mol. The number of benzene rings is 3. The van der Waals surface area contributed by atoms with Gasteiger partial charge in [0.15, 0.2) is 7.11 Å². The van der Waals surface area contributed by atoms with Crippen molar-refractivity contribution < 1.29 is 32.9 Å². The van der Waals surface area contributed by atoms with Crippen LogP contribution < -0.4 is 14.1 Å². The van der Waals surface area contributed by atoms with Gasteiger partial charge in [-0.15, -0.1) is 0 Å². The summed E-state index contributed by atoms with van der Waals surface area (Å²) in [6.45, 7) is 1.47. The van der Waals surface area contributed by atoms with E-state index in [1.807, 2.05) is 30.3 Å². The summed E-state index contributed by atoms with van der Waals surface area (Å²) in [6.07, 6.45) is 0. The van der Waals surface area contributed by atoms with Gasteiger partial charge in [0, 0.05) is 17.5 Å². The molecule has 3 aromatic carbocycles. The van der Waals surface area contributed by atoms with Gasteiger partial charge in [-0.05, 0) is 30.5 Å². The standard InChI is InChI=1S/C21H22N2O7P/c1-3-28-21(24)15-22-31(26,29-18-13-11-17(12-14-18)23(25)27-2)30-20-10-6-8-16-7-4-5-9-19(16)20/h4-14H,3,15H2,1-2H3,(H,22,26)/q+1. The highest BCUT2D eigenvalue weighted by Crippen LogP contribution is 2.46. The molecule has 0 bridgehead atoms. The van der Waals surface area contributed by atoms with Crippen LogP contribution >= 0.6 is 7.75 Å². The van der Waals surface area contributed by atoms with E-state index in [-0.39, 0.29) is 24.6 Å². The second-order valence-electron chi connectivity index (χ2n) is 6.23. The van der Waals surface area contributed by atoms with Crippen LogP contribution in [-0.4, -0.2) is 31.2 Å². The molecule has 0 heterocycles. The van der Waals surface area contributed by atoms with E-state index >= 15 is 0 Å². The Morgan fingerprint density at radius 3 is 2.42 bits per heavy atom. The van der Waals surface area contributed by atoms with E-state index in [4.69, 9.17) is 13.8 Å². The predicted octanol–water partition coefficient (Wildman–Crippen LogP) is 4.53. The normalized spacial score (nSPS) is 12.6. The minimum absolute atomic E-state index is 0.160. The smallest absolute Gasteiger partial charge is 0.465 e. The van der Waals surface area contributed by atoms with E-state index in [9.17, 15) is 14.3 Å². The van der Waals surface area contributed by atoms with Crippen LogP contribution in [0.25, 0.3) is 10.8 Å². The van der Waals surface area contributed by atoms with Gasteiger partial charge in [-0.25, -0.2) is 9.40 Å². The molecule has 1 N–H and O–H groups in total. The van der Waals surface area contributed by atoms with Gasteiger partial charge >= 0.3 is 19.4 Å². The van der Waals surface area contributed by atoms with Gasteiger partial charge in [0.1, 0.15) is 18.0 Å². The molecule has 1 unspecified atom stereocenters. The highest BCUT2D eigenvalue weighted by Gasteiger charge is 2.30. The van der Waals surface area contributed by atoms with Crippen LogP contribution in [0.1, 0.15) is 6.92 Å². The fourth-order valence-corrected chi connectivity index (χ4v) is 4.04. The van der Waals surface area contributed by atoms with Gasteiger partial charge in [-0.3, -0.25) is 4.79 Å². The van der Waals surface area contributed by atoms with Crippen LogP contribution in [0.15, 0.2) is 66.7 Å². The molecule has 0 fully saturated rings. The zero-order chi connectivity index (χ0) is 22.3. The summed E-state index contributed by atoms with van der Waals surface area (Å²) in [5.41, 5.74) is 0.221. The molecule has 0 spiro atoms. The molecule has 162 valence electrons. The fraction of sp³-hybridized carbons (Fsp3) is 0.190. The maximum atomic E-state index is 13.5. The van der Waals surface area contributed by atoms with Crippen LogP contribution in [0.5, 0.6) is 11.5 Å². The fourth-order valence-electron chi connectivity index (χ4n) is 2.73. The number of hydrogen-bond acceptors (Lipinski definition) is 7. The Labute approximate surface area is 179 Å². The highest BCUT2D eigenvalue weighted by atomic mass is 31.2. The summed E-state index contributed by atoms with van der Waals surface area (Å²) in [7, 11) is -2.83. The van der Waals surface area contributed by atoms with Crippen LogP contribution in [-0.2, 0) is 18.9 Å². The Balaban J connectivity index is 1.88. The molecule has 0 radical (unpaired) electrons. The number of nitrogens with zero attached hydrogens (tertiary/aromatic N) is 1. The molecule has 0 amide bonds. The summed E-state index contributed by atoms with van der Waals surface area (Å²) in [5.74, 6) is -0.127. The van der Waals surface area contributed by atoms with E-state index in [0.717, 1.165) is 10.8 Å². The second kappa shape index (κ2) is 10.1. The van der Waals surface area contributed by atoms with Gasteiger partial charge in [-0.1, -0.05) is 36.4 Å². The number of esters is 1. The van der Waals surface area contributed by atoms with E-state index in [1.54, 1.807) is 19.1 Å². The third-order valence-electron chi connectivity index (χ3n) is 4.13. The highest BCUT2D eigenvalue weighted by molar-refractivity contribution is 7.52. The van der Waals surface area contributed by atoms with E-state index in [2.05, 4.69) is 9.92 Å². The lowest BCUT2D eigenvalue weighted by Crippen LogP contribution is -2.26. The molecule has 9 nitrogen and oxygen atoms in total. The van der Waals surface area contributed by atoms with Gasteiger partial charge in [-0.2, -0.15) is 5.09 Å². The van der Waals surface area contributed by atoms with Gasteiger partial charge in [0.25, 0.3) is 4.92 Å². The molecule has 1 atom stereocenters. The number of rotatable bonds is 10. The zero-order valence-electron chi connectivity index (χ0n) is 17.0. The first kappa shape index (κ1) is 22.3. The van der Waals surface area contributed by atoms with Crippen molar-refractivity contribution in [1.82, 2.24) is 5.09 Å². The van der Waals surface area contributed by atoms with Crippen LogP contribution in [0.2, 0.25) is 0 Å². The van der Waals surface area contributed by atoms with E-state index < -0.39 is 13.7 Å². The molecule has 3 aromatic rings. The number of carbonyl (C=O) groups is 1. The number of ether oxygens (including phenoxy) is 1. The Morgan fingerprint density at radius 1 is 1.00 bits per heavy atom. The number of hydrogen-bond donors (Lipinski definition) is 1. The van der Waals surface area contributed by atoms with Crippen molar-refractivity contribution in [2.24, 2.45) is 0 Å². The Hall–Kier alpha value is -3.42. The topological polar surface area (TPSA) is 103 Å². The summed E-state index contributed by atoms with van der Waals surface area (Å²) in [5, 5.41) is 4.14. The molecule has 0 aromatic heterocycles. The molecule has 10 heteroatoms. The molecular formula is C21H22N2O7P+. The first-order valence-corrected chi connectivity index (χ1v) is 11.0. The average Bonchev–Trinajstić information content (AvgIpc) is 2.78. The van der Waals surface area contributed by atoms with Crippen molar-refractivity contribution in [3.05, 3.63) is 71.6 Å². The van der Waals surface area contributed by atoms with Crippen molar-refractivity contribution in [3.8, 4) is 11.5 Å². The van der Waals surface area contributed by atoms with Crippen molar-refractivity contribution >= 4 is 30.2 Å². The largest absolute Gasteiger partial charge is 0.513 e. The molecule has 0 saturated heterocycles. The lowest BCUT2D eigenvalue weighted by Gasteiger charge is -2.21. The zero-order valence-corrected chi connectivity index (χ0v) is 17.9. The van der Waals surface area contributed by atoms with Crippen LogP contribution in [0.3, 0.4) is 0 Å². The molecule has 3 rings (SSSR count). The van der Waals surface area contributed by atoms with Crippen molar-refractivity contribution in [3.63, 3.8) is 0 Å². The average molecular weight is 445 g/mol. The Kier molecular flexibility index (Phi) is 7.23. The summed E-state index contributed by atoms with van der Waals surface area (Å²) >= 11 is 0. The summed E-state index contributed by atoms with van der Waals surface area (Å²) in [4.78, 5) is 28.2. The maximum Gasteiger partial charge on any atom is 0.513 e. The third-order valence-corrected chi connectivity index (χ3v) is 5.56. The SMILES string of the molecule is CCOC(=O)CNP(=O)(Oc1ccc([N+](=O)OC)cc1)Oc1cccc2ccccc12. The monoisotopic (exact) mass is 445 g/mol. The molecule has 0 aliphatic rings. The first-order chi connectivity index (χ1) is 14.9. The molecule has 0 saturated carbocycles. The number of fused-ring (bicyclic) bond motifs is 1. The lowest BCUT2D eigenvalue weighted by atomic mass is 10.1. The van der Waals surface area contributed by atoms with Gasteiger partial charge in [0.2, 0.25) is 0 Å². The number of carbonyl (C=O) groups excluding carboxylic acids is 1. The summed E-state index contributed by atoms with van der Waals surface area (Å²) < 4.78 is 29.8. The van der Waals surface area contributed by atoms with Crippen LogP contribution in [0.4, 0.5) is 5.69 Å². The third kappa shape index (κ3) is 5.81. The van der Waals surface area contributed by atoms with E-state index in [0.29, 0.717) is 10.7 Å². The second-order valence-corrected chi connectivity index (χ2v) is 7.91. The van der Waals surface area contributed by atoms with Crippen molar-refractivity contribution in [2.45, 2.75) is 6.92 Å². The molecule has 0 aliphatic carbocycles. The Bertz CT molecular complexity index is 1110. The van der Waals surface area contributed by atoms with E-state index in [1.165, 1.54) is 31.4 Å². The van der Waals surface area contributed by atoms with Gasteiger partial charge in [0.05, 0.1) is 11.5 Å². The molecule has 31 heavy (non-hydrogen) atoms. The summed E-state index contributed by atoms with van der Waals surface area (Å²) in [6, 6.07) is 18.5. The van der Waals surface area contributed by atoms with Crippen LogP contribution in [0, 0.1) is 4.91 Å². The van der Waals surface area contributed by atoms with Crippen molar-refractivity contribution in [2.75, 3.05) is 20.3 Å². The quantitative estimate of drug-likeness (QED) is 0.276. The number of nitrogens with one attached hydrogen (secondary N) is 1. The lowest BCUT2D eigenvalue weighted by molar-refractivity contribution is -0.736. The minimum atomic E-state index is -4.06. The van der Waals surface area contributed by atoms with Crippen molar-refractivity contribution in [1.29, 1.82) is 0 Å². The maximum absolute atomic E-state index is 13.5.